The Morgan fingerprint density at radius 2 is 2.19 bits per heavy atom. The van der Waals surface area contributed by atoms with Gasteiger partial charge in [0.2, 0.25) is 0 Å². The molecule has 1 N–H and O–H groups in total. The average Bonchev–Trinajstić information content (AvgIpc) is 2.30. The summed E-state index contributed by atoms with van der Waals surface area (Å²) in [6, 6.07) is 1.58. The van der Waals surface area contributed by atoms with E-state index in [1.807, 2.05) is 0 Å². The first-order valence-electron chi connectivity index (χ1n) is 5.32. The van der Waals surface area contributed by atoms with Gasteiger partial charge >= 0.3 is 0 Å². The maximum atomic E-state index is 12.0. The van der Waals surface area contributed by atoms with Gasteiger partial charge in [0.1, 0.15) is 16.5 Å². The quantitative estimate of drug-likeness (QED) is 0.830. The van der Waals surface area contributed by atoms with Gasteiger partial charge in [0, 0.05) is 11.8 Å². The molecule has 1 aromatic rings. The third-order valence-electron chi connectivity index (χ3n) is 2.69. The lowest BCUT2D eigenvalue weighted by Gasteiger charge is -2.21. The Balaban J connectivity index is 1.97. The molecule has 1 aliphatic heterocycles. The zero-order valence-corrected chi connectivity index (χ0v) is 10.4. The van der Waals surface area contributed by atoms with E-state index in [-0.39, 0.29) is 0 Å². The maximum Gasteiger partial charge on any atom is 0.133 e. The molecule has 0 saturated carbocycles. The van der Waals surface area contributed by atoms with Crippen molar-refractivity contribution in [2.75, 3.05) is 18.8 Å². The van der Waals surface area contributed by atoms with Crippen molar-refractivity contribution in [1.82, 2.24) is 15.3 Å². The van der Waals surface area contributed by atoms with E-state index in [4.69, 9.17) is 11.6 Å². The van der Waals surface area contributed by atoms with Crippen LogP contribution in [-0.2, 0) is 10.8 Å². The van der Waals surface area contributed by atoms with Gasteiger partial charge < -0.3 is 5.32 Å². The van der Waals surface area contributed by atoms with Gasteiger partial charge in [-0.15, -0.1) is 0 Å². The van der Waals surface area contributed by atoms with E-state index in [9.17, 15) is 4.21 Å². The summed E-state index contributed by atoms with van der Waals surface area (Å²) in [5.74, 6) is 1.20. The van der Waals surface area contributed by atoms with Crippen molar-refractivity contribution in [2.45, 2.75) is 17.9 Å². The lowest BCUT2D eigenvalue weighted by atomic mass is 10.0. The second-order valence-corrected chi connectivity index (χ2v) is 5.71. The molecule has 2 rings (SSSR count). The zero-order valence-electron chi connectivity index (χ0n) is 8.86. The molecule has 0 amide bonds. The SMILES string of the molecule is O=[S@](CC1CCNCC1)c1cc(Cl)ncn1. The van der Waals surface area contributed by atoms with E-state index in [0.717, 1.165) is 25.9 Å². The minimum Gasteiger partial charge on any atom is -0.317 e. The topological polar surface area (TPSA) is 54.9 Å². The fourth-order valence-corrected chi connectivity index (χ4v) is 3.34. The first-order valence-corrected chi connectivity index (χ1v) is 7.02. The summed E-state index contributed by atoms with van der Waals surface area (Å²) in [4.78, 5) is 7.77. The molecule has 2 heterocycles. The van der Waals surface area contributed by atoms with E-state index in [2.05, 4.69) is 15.3 Å². The number of aromatic nitrogens is 2. The number of hydrogen-bond acceptors (Lipinski definition) is 4. The van der Waals surface area contributed by atoms with Crippen LogP contribution in [0.15, 0.2) is 17.4 Å². The van der Waals surface area contributed by atoms with Gasteiger partial charge in [0.25, 0.3) is 0 Å². The van der Waals surface area contributed by atoms with Crippen molar-refractivity contribution in [3.63, 3.8) is 0 Å². The molecule has 0 radical (unpaired) electrons. The smallest absolute Gasteiger partial charge is 0.133 e. The molecule has 88 valence electrons. The molecule has 0 bridgehead atoms. The van der Waals surface area contributed by atoms with E-state index in [0.29, 0.717) is 21.8 Å². The van der Waals surface area contributed by atoms with Crippen molar-refractivity contribution >= 4 is 22.4 Å². The van der Waals surface area contributed by atoms with Crippen LogP contribution in [0.2, 0.25) is 5.15 Å². The third kappa shape index (κ3) is 3.23. The highest BCUT2D eigenvalue weighted by Crippen LogP contribution is 2.16. The van der Waals surface area contributed by atoms with Crippen molar-refractivity contribution in [3.05, 3.63) is 17.5 Å². The standard InChI is InChI=1S/C10H14ClN3OS/c11-9-5-10(14-7-13-9)16(15)6-8-1-3-12-4-2-8/h5,7-8,12H,1-4,6H2/t16-/m1/s1. The highest BCUT2D eigenvalue weighted by atomic mass is 35.5. The fraction of sp³-hybridized carbons (Fsp3) is 0.600. The molecule has 0 unspecified atom stereocenters. The molecule has 1 aliphatic rings. The first-order chi connectivity index (χ1) is 7.75. The monoisotopic (exact) mass is 259 g/mol. The Kier molecular flexibility index (Phi) is 4.26. The van der Waals surface area contributed by atoms with E-state index in [1.54, 1.807) is 6.07 Å². The molecule has 6 heteroatoms. The predicted octanol–water partition coefficient (Wildman–Crippen LogP) is 1.24. The van der Waals surface area contributed by atoms with Gasteiger partial charge in [-0.05, 0) is 31.8 Å². The van der Waals surface area contributed by atoms with Crippen LogP contribution in [0.25, 0.3) is 0 Å². The van der Waals surface area contributed by atoms with Crippen molar-refractivity contribution in [3.8, 4) is 0 Å². The van der Waals surface area contributed by atoms with Crippen LogP contribution in [0.5, 0.6) is 0 Å². The Labute approximate surface area is 102 Å². The number of rotatable bonds is 3. The fourth-order valence-electron chi connectivity index (χ4n) is 1.79. The average molecular weight is 260 g/mol. The second-order valence-electron chi connectivity index (χ2n) is 3.88. The molecule has 0 aromatic carbocycles. The molecular formula is C10H14ClN3OS. The lowest BCUT2D eigenvalue weighted by molar-refractivity contribution is 0.405. The van der Waals surface area contributed by atoms with E-state index < -0.39 is 10.8 Å². The van der Waals surface area contributed by atoms with Gasteiger partial charge in [-0.2, -0.15) is 0 Å². The molecule has 4 nitrogen and oxygen atoms in total. The lowest BCUT2D eigenvalue weighted by Crippen LogP contribution is -2.30. The van der Waals surface area contributed by atoms with Crippen molar-refractivity contribution < 1.29 is 4.21 Å². The highest BCUT2D eigenvalue weighted by molar-refractivity contribution is 7.84. The number of piperidine rings is 1. The Hall–Kier alpha value is -0.520. The van der Waals surface area contributed by atoms with E-state index >= 15 is 0 Å². The van der Waals surface area contributed by atoms with Gasteiger partial charge in [-0.1, -0.05) is 11.6 Å². The van der Waals surface area contributed by atoms with Gasteiger partial charge in [0.15, 0.2) is 0 Å². The molecule has 1 atom stereocenters. The molecule has 1 fully saturated rings. The Bertz CT molecular complexity index is 382. The van der Waals surface area contributed by atoms with Crippen LogP contribution in [-0.4, -0.2) is 33.0 Å². The van der Waals surface area contributed by atoms with Crippen LogP contribution in [0, 0.1) is 5.92 Å². The summed E-state index contributed by atoms with van der Waals surface area (Å²) in [6.45, 7) is 2.04. The van der Waals surface area contributed by atoms with Crippen LogP contribution >= 0.6 is 11.6 Å². The maximum absolute atomic E-state index is 12.0. The van der Waals surface area contributed by atoms with Crippen LogP contribution in [0.4, 0.5) is 0 Å². The summed E-state index contributed by atoms with van der Waals surface area (Å²) in [5, 5.41) is 4.18. The summed E-state index contributed by atoms with van der Waals surface area (Å²) in [5.41, 5.74) is 0. The number of halogens is 1. The largest absolute Gasteiger partial charge is 0.317 e. The second kappa shape index (κ2) is 5.70. The molecule has 16 heavy (non-hydrogen) atoms. The number of hydrogen-bond donors (Lipinski definition) is 1. The predicted molar refractivity (Wildman–Crippen MR) is 63.9 cm³/mol. The Morgan fingerprint density at radius 3 is 2.88 bits per heavy atom. The minimum atomic E-state index is -1.05. The molecular weight excluding hydrogens is 246 g/mol. The van der Waals surface area contributed by atoms with Crippen LogP contribution < -0.4 is 5.32 Å². The zero-order chi connectivity index (χ0) is 11.4. The van der Waals surface area contributed by atoms with E-state index in [1.165, 1.54) is 6.33 Å². The number of nitrogens with one attached hydrogen (secondary N) is 1. The van der Waals surface area contributed by atoms with Gasteiger partial charge in [0.05, 0.1) is 10.8 Å². The summed E-state index contributed by atoms with van der Waals surface area (Å²) in [6.07, 6.45) is 3.53. The highest BCUT2D eigenvalue weighted by Gasteiger charge is 2.17. The molecule has 1 aromatic heterocycles. The van der Waals surface area contributed by atoms with Gasteiger partial charge in [-0.25, -0.2) is 9.97 Å². The van der Waals surface area contributed by atoms with Gasteiger partial charge in [-0.3, -0.25) is 4.21 Å². The van der Waals surface area contributed by atoms with Crippen molar-refractivity contribution in [2.24, 2.45) is 5.92 Å². The van der Waals surface area contributed by atoms with Crippen molar-refractivity contribution in [1.29, 1.82) is 0 Å². The normalized spacial score (nSPS) is 19.6. The third-order valence-corrected chi connectivity index (χ3v) is 4.36. The van der Waals surface area contributed by atoms with Crippen LogP contribution in [0.3, 0.4) is 0 Å². The summed E-state index contributed by atoms with van der Waals surface area (Å²) in [7, 11) is -1.05. The molecule has 0 aliphatic carbocycles. The minimum absolute atomic E-state index is 0.351. The number of nitrogens with zero attached hydrogens (tertiary/aromatic N) is 2. The summed E-state index contributed by atoms with van der Waals surface area (Å²) < 4.78 is 12.0. The Morgan fingerprint density at radius 1 is 1.44 bits per heavy atom. The van der Waals surface area contributed by atoms with Crippen LogP contribution in [0.1, 0.15) is 12.8 Å². The first kappa shape index (κ1) is 12.0. The molecule has 0 spiro atoms. The molecule has 1 saturated heterocycles. The summed E-state index contributed by atoms with van der Waals surface area (Å²) >= 11 is 5.74.